The molecule has 2 saturated heterocycles. The quantitative estimate of drug-likeness (QED) is 0.776. The van der Waals surface area contributed by atoms with Gasteiger partial charge < -0.3 is 15.5 Å². The van der Waals surface area contributed by atoms with Crippen LogP contribution in [0.15, 0.2) is 24.3 Å². The number of carbonyl (C=O) groups is 2. The SMILES string of the molecule is CC1CCN(C(=O)c2ccccc2NC(=O)CC(C)C2CCCNC2)CC1.Cl. The van der Waals surface area contributed by atoms with Gasteiger partial charge in [-0.2, -0.15) is 0 Å². The molecule has 2 atom stereocenters. The number of carbonyl (C=O) groups excluding carboxylic acids is 2. The zero-order valence-electron chi connectivity index (χ0n) is 17.1. The lowest BCUT2D eigenvalue weighted by atomic mass is 9.85. The summed E-state index contributed by atoms with van der Waals surface area (Å²) in [7, 11) is 0. The Morgan fingerprint density at radius 3 is 2.61 bits per heavy atom. The van der Waals surface area contributed by atoms with Crippen molar-refractivity contribution in [2.45, 2.75) is 46.0 Å². The predicted molar refractivity (Wildman–Crippen MR) is 116 cm³/mol. The van der Waals surface area contributed by atoms with Gasteiger partial charge in [0.05, 0.1) is 11.3 Å². The van der Waals surface area contributed by atoms with E-state index in [1.807, 2.05) is 29.2 Å². The van der Waals surface area contributed by atoms with Crippen LogP contribution in [0.1, 0.15) is 56.3 Å². The van der Waals surface area contributed by atoms with Crippen LogP contribution in [0.25, 0.3) is 0 Å². The number of nitrogens with one attached hydrogen (secondary N) is 2. The summed E-state index contributed by atoms with van der Waals surface area (Å²) in [5.41, 5.74) is 1.24. The Morgan fingerprint density at radius 2 is 1.93 bits per heavy atom. The van der Waals surface area contributed by atoms with E-state index in [4.69, 9.17) is 0 Å². The molecule has 0 radical (unpaired) electrons. The van der Waals surface area contributed by atoms with Crippen LogP contribution in [-0.4, -0.2) is 42.9 Å². The fourth-order valence-corrected chi connectivity index (χ4v) is 4.19. The number of halogens is 1. The smallest absolute Gasteiger partial charge is 0.255 e. The maximum Gasteiger partial charge on any atom is 0.255 e. The van der Waals surface area contributed by atoms with E-state index in [0.29, 0.717) is 35.4 Å². The van der Waals surface area contributed by atoms with Gasteiger partial charge in [-0.1, -0.05) is 26.0 Å². The van der Waals surface area contributed by atoms with E-state index in [1.165, 1.54) is 12.8 Å². The lowest BCUT2D eigenvalue weighted by Gasteiger charge is -2.31. The van der Waals surface area contributed by atoms with Gasteiger partial charge >= 0.3 is 0 Å². The number of likely N-dealkylation sites (tertiary alicyclic amines) is 1. The molecule has 2 N–H and O–H groups in total. The molecular formula is C22H34ClN3O2. The summed E-state index contributed by atoms with van der Waals surface area (Å²) in [6.45, 7) is 8.07. The van der Waals surface area contributed by atoms with E-state index in [-0.39, 0.29) is 24.2 Å². The van der Waals surface area contributed by atoms with Crippen molar-refractivity contribution in [3.63, 3.8) is 0 Å². The molecule has 0 saturated carbocycles. The highest BCUT2D eigenvalue weighted by Gasteiger charge is 2.25. The summed E-state index contributed by atoms with van der Waals surface area (Å²) < 4.78 is 0. The fraction of sp³-hybridized carbons (Fsp3) is 0.636. The first kappa shape index (κ1) is 22.7. The molecule has 3 rings (SSSR count). The van der Waals surface area contributed by atoms with Gasteiger partial charge in [-0.3, -0.25) is 9.59 Å². The number of para-hydroxylation sites is 1. The van der Waals surface area contributed by atoms with Gasteiger partial charge in [0.25, 0.3) is 5.91 Å². The highest BCUT2D eigenvalue weighted by molar-refractivity contribution is 6.03. The highest BCUT2D eigenvalue weighted by Crippen LogP contribution is 2.25. The van der Waals surface area contributed by atoms with Crippen molar-refractivity contribution in [1.82, 2.24) is 10.2 Å². The average Bonchev–Trinajstić information content (AvgIpc) is 2.69. The van der Waals surface area contributed by atoms with Gasteiger partial charge in [0.15, 0.2) is 0 Å². The van der Waals surface area contributed by atoms with Crippen LogP contribution in [-0.2, 0) is 4.79 Å². The monoisotopic (exact) mass is 407 g/mol. The maximum atomic E-state index is 12.9. The molecule has 2 heterocycles. The zero-order chi connectivity index (χ0) is 19.2. The largest absolute Gasteiger partial charge is 0.339 e. The molecule has 2 fully saturated rings. The Kier molecular flexibility index (Phi) is 8.77. The maximum absolute atomic E-state index is 12.9. The number of hydrogen-bond acceptors (Lipinski definition) is 3. The minimum atomic E-state index is 0. The summed E-state index contributed by atoms with van der Waals surface area (Å²) >= 11 is 0. The highest BCUT2D eigenvalue weighted by atomic mass is 35.5. The molecule has 5 nitrogen and oxygen atoms in total. The van der Waals surface area contributed by atoms with Gasteiger partial charge in [-0.25, -0.2) is 0 Å². The number of amides is 2. The van der Waals surface area contributed by atoms with Crippen LogP contribution in [0.2, 0.25) is 0 Å². The Morgan fingerprint density at radius 1 is 1.21 bits per heavy atom. The van der Waals surface area contributed by atoms with E-state index in [2.05, 4.69) is 24.5 Å². The van der Waals surface area contributed by atoms with Crippen molar-refractivity contribution in [3.8, 4) is 0 Å². The molecule has 1 aromatic carbocycles. The number of nitrogens with zero attached hydrogens (tertiary/aromatic N) is 1. The number of anilines is 1. The summed E-state index contributed by atoms with van der Waals surface area (Å²) in [6, 6.07) is 7.40. The van der Waals surface area contributed by atoms with Crippen LogP contribution in [0, 0.1) is 17.8 Å². The van der Waals surface area contributed by atoms with Crippen molar-refractivity contribution < 1.29 is 9.59 Å². The minimum absolute atomic E-state index is 0. The van der Waals surface area contributed by atoms with Crippen LogP contribution >= 0.6 is 12.4 Å². The van der Waals surface area contributed by atoms with Gasteiger partial charge in [-0.05, 0) is 68.7 Å². The molecule has 2 aliphatic heterocycles. The molecule has 2 aliphatic rings. The fourth-order valence-electron chi connectivity index (χ4n) is 4.19. The van der Waals surface area contributed by atoms with Gasteiger partial charge in [0.1, 0.15) is 0 Å². The summed E-state index contributed by atoms with van der Waals surface area (Å²) in [5, 5.41) is 6.42. The van der Waals surface area contributed by atoms with Crippen LogP contribution in [0.4, 0.5) is 5.69 Å². The zero-order valence-corrected chi connectivity index (χ0v) is 17.9. The molecule has 0 aromatic heterocycles. The first-order chi connectivity index (χ1) is 13.0. The lowest BCUT2D eigenvalue weighted by Crippen LogP contribution is -2.38. The molecule has 0 spiro atoms. The Balaban J connectivity index is 0.00000280. The van der Waals surface area contributed by atoms with Crippen molar-refractivity contribution in [2.75, 3.05) is 31.5 Å². The minimum Gasteiger partial charge on any atom is -0.339 e. The molecule has 0 aliphatic carbocycles. The molecule has 2 unspecified atom stereocenters. The molecule has 28 heavy (non-hydrogen) atoms. The van der Waals surface area contributed by atoms with Crippen molar-refractivity contribution in [1.29, 1.82) is 0 Å². The topological polar surface area (TPSA) is 61.4 Å². The summed E-state index contributed by atoms with van der Waals surface area (Å²) in [6.07, 6.45) is 4.96. The molecule has 6 heteroatoms. The number of rotatable bonds is 5. The molecule has 1 aromatic rings. The number of piperidine rings is 2. The molecule has 2 amide bonds. The normalized spacial score (nSPS) is 21.5. The molecule has 0 bridgehead atoms. The third kappa shape index (κ3) is 5.95. The third-order valence-corrected chi connectivity index (χ3v) is 6.15. The van der Waals surface area contributed by atoms with Gasteiger partial charge in [0, 0.05) is 19.5 Å². The average molecular weight is 408 g/mol. The van der Waals surface area contributed by atoms with Crippen molar-refractivity contribution in [2.24, 2.45) is 17.8 Å². The molecule has 156 valence electrons. The van der Waals surface area contributed by atoms with E-state index in [0.717, 1.165) is 39.0 Å². The van der Waals surface area contributed by atoms with Crippen LogP contribution < -0.4 is 10.6 Å². The van der Waals surface area contributed by atoms with Crippen molar-refractivity contribution in [3.05, 3.63) is 29.8 Å². The van der Waals surface area contributed by atoms with E-state index in [1.54, 1.807) is 0 Å². The first-order valence-electron chi connectivity index (χ1n) is 10.4. The lowest BCUT2D eigenvalue weighted by molar-refractivity contribution is -0.117. The Labute approximate surface area is 175 Å². The Bertz CT molecular complexity index is 653. The van der Waals surface area contributed by atoms with Crippen molar-refractivity contribution >= 4 is 29.9 Å². The van der Waals surface area contributed by atoms with Crippen LogP contribution in [0.3, 0.4) is 0 Å². The Hall–Kier alpha value is -1.59. The molecular weight excluding hydrogens is 374 g/mol. The summed E-state index contributed by atoms with van der Waals surface area (Å²) in [5.74, 6) is 1.60. The van der Waals surface area contributed by atoms with E-state index >= 15 is 0 Å². The third-order valence-electron chi connectivity index (χ3n) is 6.15. The van der Waals surface area contributed by atoms with Crippen LogP contribution in [0.5, 0.6) is 0 Å². The van der Waals surface area contributed by atoms with Gasteiger partial charge in [-0.15, -0.1) is 12.4 Å². The van der Waals surface area contributed by atoms with E-state index < -0.39 is 0 Å². The predicted octanol–water partition coefficient (Wildman–Crippen LogP) is 3.94. The summed E-state index contributed by atoms with van der Waals surface area (Å²) in [4.78, 5) is 27.5. The second-order valence-electron chi connectivity index (χ2n) is 8.36. The standard InChI is InChI=1S/C22H33N3O2.ClH/c1-16-9-12-25(13-10-16)22(27)19-7-3-4-8-20(19)24-21(26)14-17(2)18-6-5-11-23-15-18;/h3-4,7-8,16-18,23H,5-6,9-15H2,1-2H3,(H,24,26);1H. The number of hydrogen-bond donors (Lipinski definition) is 2. The van der Waals surface area contributed by atoms with Gasteiger partial charge in [0.2, 0.25) is 5.91 Å². The number of benzene rings is 1. The second kappa shape index (κ2) is 10.8. The first-order valence-corrected chi connectivity index (χ1v) is 10.4. The second-order valence-corrected chi connectivity index (χ2v) is 8.36. The van der Waals surface area contributed by atoms with E-state index in [9.17, 15) is 9.59 Å².